The Bertz CT molecular complexity index is 388. The Labute approximate surface area is 84.1 Å². The third-order valence-electron chi connectivity index (χ3n) is 2.12. The Kier molecular flexibility index (Phi) is 2.45. The van der Waals surface area contributed by atoms with Gasteiger partial charge in [-0.25, -0.2) is 0 Å². The number of pyridine rings is 1. The molecule has 1 aliphatic heterocycles. The average molecular weight is 185 g/mol. The van der Waals surface area contributed by atoms with Gasteiger partial charge in [0.05, 0.1) is 0 Å². The van der Waals surface area contributed by atoms with E-state index in [0.29, 0.717) is 0 Å². The van der Waals surface area contributed by atoms with Crippen molar-refractivity contribution in [3.8, 4) is 0 Å². The Hall–Kier alpha value is -1.83. The molecule has 14 heavy (non-hydrogen) atoms. The van der Waals surface area contributed by atoms with Crippen molar-refractivity contribution in [2.24, 2.45) is 0 Å². The molecule has 0 radical (unpaired) electrons. The van der Waals surface area contributed by atoms with Crippen LogP contribution in [-0.4, -0.2) is 11.9 Å². The maximum absolute atomic E-state index is 2.08. The molecule has 0 aliphatic carbocycles. The van der Waals surface area contributed by atoms with Gasteiger partial charge >= 0.3 is 0 Å². The predicted molar refractivity (Wildman–Crippen MR) is 57.0 cm³/mol. The predicted octanol–water partition coefficient (Wildman–Crippen LogP) is 1.79. The smallest absolute Gasteiger partial charge is 0.198 e. The van der Waals surface area contributed by atoms with Gasteiger partial charge in [0.2, 0.25) is 0 Å². The Morgan fingerprint density at radius 2 is 1.93 bits per heavy atom. The van der Waals surface area contributed by atoms with E-state index in [4.69, 9.17) is 0 Å². The highest BCUT2D eigenvalue weighted by Crippen LogP contribution is 2.08. The van der Waals surface area contributed by atoms with E-state index in [1.165, 1.54) is 5.70 Å². The first-order valence-corrected chi connectivity index (χ1v) is 4.61. The minimum Gasteiger partial charge on any atom is -0.346 e. The molecule has 1 aromatic rings. The fraction of sp³-hybridized carbons (Fsp3) is 0.0833. The van der Waals surface area contributed by atoms with Crippen LogP contribution < -0.4 is 4.57 Å². The zero-order chi connectivity index (χ0) is 9.80. The average Bonchev–Trinajstić information content (AvgIpc) is 2.23. The van der Waals surface area contributed by atoms with Crippen LogP contribution in [0.5, 0.6) is 0 Å². The number of nitrogens with zero attached hydrogens (tertiary/aromatic N) is 2. The third kappa shape index (κ3) is 1.91. The van der Waals surface area contributed by atoms with E-state index in [2.05, 4.69) is 17.2 Å². The van der Waals surface area contributed by atoms with Crippen LogP contribution in [-0.2, 0) is 0 Å². The Balaban J connectivity index is 2.27. The third-order valence-corrected chi connectivity index (χ3v) is 2.12. The normalized spacial score (nSPS) is 17.8. The lowest BCUT2D eigenvalue weighted by atomic mass is 10.3. The summed E-state index contributed by atoms with van der Waals surface area (Å²) in [4.78, 5) is 2.08. The highest BCUT2D eigenvalue weighted by atomic mass is 15.1. The van der Waals surface area contributed by atoms with Gasteiger partial charge in [-0.2, -0.15) is 4.57 Å². The van der Waals surface area contributed by atoms with Gasteiger partial charge in [-0.3, -0.25) is 0 Å². The minimum absolute atomic E-state index is 1.17. The summed E-state index contributed by atoms with van der Waals surface area (Å²) >= 11 is 0. The Morgan fingerprint density at radius 1 is 1.14 bits per heavy atom. The molecule has 2 heterocycles. The van der Waals surface area contributed by atoms with Crippen LogP contribution in [0, 0.1) is 0 Å². The van der Waals surface area contributed by atoms with Crippen molar-refractivity contribution < 1.29 is 4.57 Å². The molecule has 1 aliphatic rings. The molecule has 0 atom stereocenters. The number of allylic oxidation sites excluding steroid dienone is 3. The van der Waals surface area contributed by atoms with Crippen LogP contribution in [0.25, 0.3) is 6.20 Å². The molecule has 2 rings (SSSR count). The van der Waals surface area contributed by atoms with Crippen molar-refractivity contribution in [3.05, 3.63) is 60.7 Å². The molecule has 0 aromatic carbocycles. The SMILES string of the molecule is CN1C=CC=C/C1=C/[n+]1ccccc1. The van der Waals surface area contributed by atoms with Crippen LogP contribution in [0.4, 0.5) is 0 Å². The molecule has 0 N–H and O–H groups in total. The van der Waals surface area contributed by atoms with E-state index in [1.807, 2.05) is 60.6 Å². The molecular weight excluding hydrogens is 172 g/mol. The zero-order valence-electron chi connectivity index (χ0n) is 8.17. The van der Waals surface area contributed by atoms with Crippen LogP contribution in [0.15, 0.2) is 60.7 Å². The van der Waals surface area contributed by atoms with Gasteiger partial charge in [-0.05, 0) is 12.2 Å². The van der Waals surface area contributed by atoms with Crippen LogP contribution >= 0.6 is 0 Å². The van der Waals surface area contributed by atoms with Crippen molar-refractivity contribution in [3.63, 3.8) is 0 Å². The fourth-order valence-electron chi connectivity index (χ4n) is 1.32. The molecule has 0 bridgehead atoms. The van der Waals surface area contributed by atoms with Crippen molar-refractivity contribution in [1.82, 2.24) is 4.90 Å². The van der Waals surface area contributed by atoms with Gasteiger partial charge in [0.1, 0.15) is 5.70 Å². The summed E-state index contributed by atoms with van der Waals surface area (Å²) in [6.07, 6.45) is 14.3. The monoisotopic (exact) mass is 185 g/mol. The van der Waals surface area contributed by atoms with Crippen LogP contribution in [0.2, 0.25) is 0 Å². The molecule has 0 saturated heterocycles. The molecular formula is C12H13N2+. The minimum atomic E-state index is 1.17. The molecule has 0 spiro atoms. The van der Waals surface area contributed by atoms with Crippen molar-refractivity contribution in [2.75, 3.05) is 7.05 Å². The summed E-state index contributed by atoms with van der Waals surface area (Å²) < 4.78 is 2.04. The summed E-state index contributed by atoms with van der Waals surface area (Å²) in [5.74, 6) is 0. The number of rotatable bonds is 1. The summed E-state index contributed by atoms with van der Waals surface area (Å²) in [6.45, 7) is 0. The summed E-state index contributed by atoms with van der Waals surface area (Å²) in [7, 11) is 2.04. The van der Waals surface area contributed by atoms with E-state index in [-0.39, 0.29) is 0 Å². The molecule has 0 amide bonds. The topological polar surface area (TPSA) is 7.12 Å². The number of aromatic nitrogens is 1. The van der Waals surface area contributed by atoms with E-state index in [1.54, 1.807) is 0 Å². The lowest BCUT2D eigenvalue weighted by Gasteiger charge is -2.15. The molecule has 0 fully saturated rings. The van der Waals surface area contributed by atoms with Gasteiger partial charge in [0, 0.05) is 25.4 Å². The second kappa shape index (κ2) is 3.92. The first-order valence-electron chi connectivity index (χ1n) is 4.61. The van der Waals surface area contributed by atoms with E-state index >= 15 is 0 Å². The standard InChI is InChI=1S/C12H13N2/c1-13-8-6-3-7-12(13)11-14-9-4-2-5-10-14/h2-11H,1H3/q+1/b12-11-. The molecule has 70 valence electrons. The van der Waals surface area contributed by atoms with Gasteiger partial charge < -0.3 is 4.90 Å². The molecule has 2 nitrogen and oxygen atoms in total. The highest BCUT2D eigenvalue weighted by molar-refractivity contribution is 5.35. The second-order valence-electron chi connectivity index (χ2n) is 3.19. The lowest BCUT2D eigenvalue weighted by molar-refractivity contribution is -0.569. The van der Waals surface area contributed by atoms with Crippen molar-refractivity contribution in [1.29, 1.82) is 0 Å². The summed E-state index contributed by atoms with van der Waals surface area (Å²) in [5.41, 5.74) is 1.17. The van der Waals surface area contributed by atoms with Gasteiger partial charge in [-0.15, -0.1) is 0 Å². The van der Waals surface area contributed by atoms with Crippen LogP contribution in [0.3, 0.4) is 0 Å². The maximum atomic E-state index is 2.08. The summed E-state index contributed by atoms with van der Waals surface area (Å²) in [6, 6.07) is 6.04. The van der Waals surface area contributed by atoms with Crippen molar-refractivity contribution >= 4 is 6.20 Å². The fourth-order valence-corrected chi connectivity index (χ4v) is 1.32. The number of hydrogen-bond donors (Lipinski definition) is 0. The first-order chi connectivity index (χ1) is 6.86. The molecule has 0 saturated carbocycles. The number of hydrogen-bond acceptors (Lipinski definition) is 1. The second-order valence-corrected chi connectivity index (χ2v) is 3.19. The molecule has 1 aromatic heterocycles. The number of likely N-dealkylation sites (N-methyl/N-ethyl adjacent to an activating group) is 1. The quantitative estimate of drug-likeness (QED) is 0.605. The first kappa shape index (κ1) is 8.75. The molecule has 0 unspecified atom stereocenters. The maximum Gasteiger partial charge on any atom is 0.198 e. The molecule has 2 heteroatoms. The van der Waals surface area contributed by atoms with Gasteiger partial charge in [0.25, 0.3) is 0 Å². The Morgan fingerprint density at radius 3 is 2.64 bits per heavy atom. The highest BCUT2D eigenvalue weighted by Gasteiger charge is 2.04. The largest absolute Gasteiger partial charge is 0.346 e. The lowest BCUT2D eigenvalue weighted by Crippen LogP contribution is -2.27. The van der Waals surface area contributed by atoms with Gasteiger partial charge in [0.15, 0.2) is 18.6 Å². The van der Waals surface area contributed by atoms with E-state index in [9.17, 15) is 0 Å². The van der Waals surface area contributed by atoms with E-state index in [0.717, 1.165) is 0 Å². The van der Waals surface area contributed by atoms with Crippen LogP contribution in [0.1, 0.15) is 0 Å². The summed E-state index contributed by atoms with van der Waals surface area (Å²) in [5, 5.41) is 0. The van der Waals surface area contributed by atoms with Crippen molar-refractivity contribution in [2.45, 2.75) is 0 Å². The zero-order valence-corrected chi connectivity index (χ0v) is 8.17. The van der Waals surface area contributed by atoms with E-state index < -0.39 is 0 Å². The van der Waals surface area contributed by atoms with Gasteiger partial charge in [-0.1, -0.05) is 12.1 Å².